The molecular weight excluding hydrogens is 416 g/mol. The van der Waals surface area contributed by atoms with Crippen molar-refractivity contribution in [3.8, 4) is 5.75 Å². The third-order valence-electron chi connectivity index (χ3n) is 4.73. The number of halogens is 1. The molecule has 1 aromatic rings. The maximum atomic E-state index is 12.1. The number of hydrogen-bond acceptors (Lipinski definition) is 4. The molecule has 1 aliphatic carbocycles. The lowest BCUT2D eigenvalue weighted by molar-refractivity contribution is -0.132. The zero-order chi connectivity index (χ0) is 19.4. The Morgan fingerprint density at radius 2 is 2.00 bits per heavy atom. The van der Waals surface area contributed by atoms with Crippen LogP contribution in [0.15, 0.2) is 22.7 Å². The molecule has 1 aliphatic heterocycles. The van der Waals surface area contributed by atoms with Crippen molar-refractivity contribution in [2.24, 2.45) is 11.8 Å². The molecule has 0 bridgehead atoms. The molecule has 3 N–H and O–H groups in total. The summed E-state index contributed by atoms with van der Waals surface area (Å²) >= 11 is 3.33. The minimum absolute atomic E-state index is 0.129. The van der Waals surface area contributed by atoms with Crippen LogP contribution in [0, 0.1) is 11.8 Å². The van der Waals surface area contributed by atoms with Crippen LogP contribution in [0.25, 0.3) is 0 Å². The van der Waals surface area contributed by atoms with Gasteiger partial charge >= 0.3 is 6.03 Å². The fourth-order valence-corrected chi connectivity index (χ4v) is 3.49. The summed E-state index contributed by atoms with van der Waals surface area (Å²) in [6.07, 6.45) is 3.07. The molecule has 1 aromatic carbocycles. The number of amides is 4. The number of likely N-dealkylation sites (tertiary alicyclic amines) is 1. The summed E-state index contributed by atoms with van der Waals surface area (Å²) in [5.74, 6) is 0.775. The van der Waals surface area contributed by atoms with Gasteiger partial charge in [0.15, 0.2) is 0 Å². The summed E-state index contributed by atoms with van der Waals surface area (Å²) in [6.45, 7) is 1.33. The van der Waals surface area contributed by atoms with Gasteiger partial charge in [0.2, 0.25) is 11.8 Å². The van der Waals surface area contributed by atoms with Crippen molar-refractivity contribution in [3.05, 3.63) is 22.7 Å². The van der Waals surface area contributed by atoms with Crippen molar-refractivity contribution in [1.29, 1.82) is 0 Å². The largest absolute Gasteiger partial charge is 0.495 e. The molecule has 8 nitrogen and oxygen atoms in total. The number of benzene rings is 1. The zero-order valence-electron chi connectivity index (χ0n) is 15.1. The number of nitrogens with one attached hydrogen (secondary N) is 3. The molecule has 0 radical (unpaired) electrons. The molecule has 1 heterocycles. The summed E-state index contributed by atoms with van der Waals surface area (Å²) in [4.78, 5) is 37.9. The topological polar surface area (TPSA) is 99.8 Å². The van der Waals surface area contributed by atoms with E-state index in [0.717, 1.165) is 23.7 Å². The van der Waals surface area contributed by atoms with Gasteiger partial charge in [0.05, 0.1) is 12.8 Å². The molecule has 27 heavy (non-hydrogen) atoms. The van der Waals surface area contributed by atoms with E-state index in [2.05, 4.69) is 32.1 Å². The van der Waals surface area contributed by atoms with E-state index in [0.29, 0.717) is 24.5 Å². The molecule has 146 valence electrons. The molecule has 1 atom stereocenters. The van der Waals surface area contributed by atoms with Gasteiger partial charge < -0.3 is 15.0 Å². The number of methoxy groups -OCH3 is 1. The highest BCUT2D eigenvalue weighted by molar-refractivity contribution is 9.10. The van der Waals surface area contributed by atoms with Crippen LogP contribution in [0.1, 0.15) is 25.7 Å². The first-order chi connectivity index (χ1) is 13.0. The number of anilines is 1. The lowest BCUT2D eigenvalue weighted by Crippen LogP contribution is -2.44. The number of urea groups is 1. The van der Waals surface area contributed by atoms with Crippen LogP contribution in [0.3, 0.4) is 0 Å². The van der Waals surface area contributed by atoms with Crippen molar-refractivity contribution < 1.29 is 19.1 Å². The number of hydrogen-bond donors (Lipinski definition) is 3. The molecular formula is C18H23BrN4O4. The van der Waals surface area contributed by atoms with Gasteiger partial charge in [-0.2, -0.15) is 0 Å². The van der Waals surface area contributed by atoms with Gasteiger partial charge in [-0.25, -0.2) is 10.2 Å². The van der Waals surface area contributed by atoms with Crippen LogP contribution in [0.5, 0.6) is 5.75 Å². The van der Waals surface area contributed by atoms with Gasteiger partial charge in [-0.15, -0.1) is 0 Å². The van der Waals surface area contributed by atoms with E-state index < -0.39 is 6.03 Å². The maximum Gasteiger partial charge on any atom is 0.338 e. The van der Waals surface area contributed by atoms with Crippen molar-refractivity contribution >= 4 is 39.5 Å². The average molecular weight is 439 g/mol. The lowest BCUT2D eigenvalue weighted by Gasteiger charge is -2.16. The summed E-state index contributed by atoms with van der Waals surface area (Å²) in [7, 11) is 1.51. The quantitative estimate of drug-likeness (QED) is 0.613. The molecule has 1 unspecified atom stereocenters. The molecule has 2 aliphatic rings. The second-order valence-corrected chi connectivity index (χ2v) is 7.80. The smallest absolute Gasteiger partial charge is 0.338 e. The van der Waals surface area contributed by atoms with Crippen LogP contribution >= 0.6 is 15.9 Å². The Balaban J connectivity index is 1.40. The zero-order valence-corrected chi connectivity index (χ0v) is 16.7. The van der Waals surface area contributed by atoms with Crippen molar-refractivity contribution in [2.75, 3.05) is 25.5 Å². The van der Waals surface area contributed by atoms with Crippen LogP contribution in [-0.2, 0) is 9.59 Å². The molecule has 2 fully saturated rings. The summed E-state index contributed by atoms with van der Waals surface area (Å²) in [5, 5.41) is 2.62. The Morgan fingerprint density at radius 1 is 1.22 bits per heavy atom. The van der Waals surface area contributed by atoms with Gasteiger partial charge in [-0.05, 0) is 43.4 Å². The van der Waals surface area contributed by atoms with Gasteiger partial charge in [-0.1, -0.05) is 15.9 Å². The molecule has 0 spiro atoms. The first-order valence-electron chi connectivity index (χ1n) is 8.94. The van der Waals surface area contributed by atoms with E-state index in [1.807, 2.05) is 4.90 Å². The van der Waals surface area contributed by atoms with E-state index in [-0.39, 0.29) is 30.1 Å². The third-order valence-corrected chi connectivity index (χ3v) is 5.22. The Bertz CT molecular complexity index is 738. The number of nitrogens with zero attached hydrogens (tertiary/aromatic N) is 1. The van der Waals surface area contributed by atoms with Crippen LogP contribution in [0.2, 0.25) is 0 Å². The predicted octanol–water partition coefficient (Wildman–Crippen LogP) is 2.26. The Morgan fingerprint density at radius 3 is 2.70 bits per heavy atom. The summed E-state index contributed by atoms with van der Waals surface area (Å²) in [6, 6.07) is 4.61. The predicted molar refractivity (Wildman–Crippen MR) is 103 cm³/mol. The first-order valence-corrected chi connectivity index (χ1v) is 9.73. The van der Waals surface area contributed by atoms with Crippen molar-refractivity contribution in [2.45, 2.75) is 25.7 Å². The van der Waals surface area contributed by atoms with E-state index in [4.69, 9.17) is 4.74 Å². The average Bonchev–Trinajstić information content (AvgIpc) is 3.40. The van der Waals surface area contributed by atoms with E-state index in [1.54, 1.807) is 18.2 Å². The van der Waals surface area contributed by atoms with Crippen LogP contribution < -0.4 is 20.9 Å². The number of carbonyl (C=O) groups excluding carboxylic acids is 3. The molecule has 9 heteroatoms. The van der Waals surface area contributed by atoms with Crippen molar-refractivity contribution in [1.82, 2.24) is 15.8 Å². The first kappa shape index (κ1) is 19.5. The van der Waals surface area contributed by atoms with E-state index >= 15 is 0 Å². The van der Waals surface area contributed by atoms with Gasteiger partial charge in [-0.3, -0.25) is 15.0 Å². The number of carbonyl (C=O) groups is 3. The Hall–Kier alpha value is -2.29. The Kier molecular flexibility index (Phi) is 6.20. The van der Waals surface area contributed by atoms with Crippen LogP contribution in [0.4, 0.5) is 10.5 Å². The normalized spacial score (nSPS) is 18.7. The maximum absolute atomic E-state index is 12.1. The van der Waals surface area contributed by atoms with Crippen LogP contribution in [-0.4, -0.2) is 42.9 Å². The van der Waals surface area contributed by atoms with Gasteiger partial charge in [0.25, 0.3) is 0 Å². The second-order valence-electron chi connectivity index (χ2n) is 6.89. The number of rotatable bonds is 5. The molecule has 0 aromatic heterocycles. The minimum Gasteiger partial charge on any atom is -0.495 e. The van der Waals surface area contributed by atoms with Gasteiger partial charge in [0.1, 0.15) is 5.75 Å². The molecule has 1 saturated carbocycles. The fraction of sp³-hybridized carbons (Fsp3) is 0.500. The summed E-state index contributed by atoms with van der Waals surface area (Å²) in [5.41, 5.74) is 5.22. The third kappa shape index (κ3) is 5.35. The van der Waals surface area contributed by atoms with E-state index in [9.17, 15) is 14.4 Å². The number of ether oxygens (including phenoxy) is 1. The highest BCUT2D eigenvalue weighted by atomic mass is 79.9. The number of hydrazine groups is 1. The lowest BCUT2D eigenvalue weighted by atomic mass is 10.1. The van der Waals surface area contributed by atoms with E-state index in [1.165, 1.54) is 7.11 Å². The summed E-state index contributed by atoms with van der Waals surface area (Å²) < 4.78 is 6.02. The highest BCUT2D eigenvalue weighted by Crippen LogP contribution is 2.33. The molecule has 4 amide bonds. The second kappa shape index (κ2) is 8.60. The van der Waals surface area contributed by atoms with Crippen molar-refractivity contribution in [3.63, 3.8) is 0 Å². The fourth-order valence-electron chi connectivity index (χ4n) is 3.15. The standard InChI is InChI=1S/C18H23BrN4O4/c1-27-15-9-13(19)4-5-14(15)20-18(26)22-21-16(24)8-11-6-7-23(10-11)17(25)12-2-3-12/h4-5,9,11-12H,2-3,6-8,10H2,1H3,(H,21,24)(H2,20,22,26). The SMILES string of the molecule is COc1cc(Br)ccc1NC(=O)NNC(=O)CC1CCN(C(=O)C2CC2)C1. The molecule has 3 rings (SSSR count). The minimum atomic E-state index is -0.569. The van der Waals surface area contributed by atoms with Gasteiger partial charge in [0, 0.05) is 29.9 Å². The Labute approximate surface area is 166 Å². The molecule has 1 saturated heterocycles. The monoisotopic (exact) mass is 438 g/mol. The highest BCUT2D eigenvalue weighted by Gasteiger charge is 2.36.